The van der Waals surface area contributed by atoms with E-state index in [9.17, 15) is 9.18 Å². The maximum atomic E-state index is 14.0. The van der Waals surface area contributed by atoms with Gasteiger partial charge in [-0.25, -0.2) is 9.37 Å². The van der Waals surface area contributed by atoms with Gasteiger partial charge in [0.15, 0.2) is 0 Å². The van der Waals surface area contributed by atoms with Crippen molar-refractivity contribution in [3.05, 3.63) is 57.0 Å². The second kappa shape index (κ2) is 6.73. The second-order valence-electron chi connectivity index (χ2n) is 6.45. The standard InChI is InChI=1S/C18H22FN3O2/c1-11(2)17-20-16-10-22(7-6-14(16)18(23)21-17)9-12-8-13(24-3)4-5-15(12)19/h4-5,8,11H,6-7,9-10H2,1-3H3,(H,20,21,23). The number of aromatic nitrogens is 2. The van der Waals surface area contributed by atoms with E-state index >= 15 is 0 Å². The summed E-state index contributed by atoms with van der Waals surface area (Å²) in [5.41, 5.74) is 2.10. The van der Waals surface area contributed by atoms with Gasteiger partial charge < -0.3 is 9.72 Å². The number of nitrogens with zero attached hydrogens (tertiary/aromatic N) is 2. The normalized spacial score (nSPS) is 14.7. The predicted molar refractivity (Wildman–Crippen MR) is 89.7 cm³/mol. The fourth-order valence-corrected chi connectivity index (χ4v) is 2.96. The molecule has 1 aliphatic rings. The van der Waals surface area contributed by atoms with Crippen molar-refractivity contribution in [2.45, 2.75) is 39.3 Å². The van der Waals surface area contributed by atoms with Gasteiger partial charge in [0.25, 0.3) is 5.56 Å². The molecule has 0 amide bonds. The maximum Gasteiger partial charge on any atom is 0.254 e. The Morgan fingerprint density at radius 3 is 2.92 bits per heavy atom. The summed E-state index contributed by atoms with van der Waals surface area (Å²) in [6.07, 6.45) is 0.627. The third-order valence-electron chi connectivity index (χ3n) is 4.36. The summed E-state index contributed by atoms with van der Waals surface area (Å²) in [5, 5.41) is 0. The number of ether oxygens (including phenoxy) is 1. The molecule has 0 saturated carbocycles. The van der Waals surface area contributed by atoms with Gasteiger partial charge in [-0.2, -0.15) is 0 Å². The molecule has 1 N–H and O–H groups in total. The number of fused-ring (bicyclic) bond motifs is 1. The fourth-order valence-electron chi connectivity index (χ4n) is 2.96. The Kier molecular flexibility index (Phi) is 4.66. The van der Waals surface area contributed by atoms with E-state index in [-0.39, 0.29) is 17.3 Å². The quantitative estimate of drug-likeness (QED) is 0.935. The van der Waals surface area contributed by atoms with Crippen molar-refractivity contribution in [1.29, 1.82) is 0 Å². The smallest absolute Gasteiger partial charge is 0.254 e. The van der Waals surface area contributed by atoms with Gasteiger partial charge in [0.05, 0.1) is 12.8 Å². The Morgan fingerprint density at radius 2 is 2.21 bits per heavy atom. The van der Waals surface area contributed by atoms with Crippen LogP contribution in [0, 0.1) is 5.82 Å². The first-order valence-corrected chi connectivity index (χ1v) is 8.14. The molecule has 5 nitrogen and oxygen atoms in total. The van der Waals surface area contributed by atoms with Gasteiger partial charge in [-0.05, 0) is 24.6 Å². The number of hydrogen-bond donors (Lipinski definition) is 1. The Morgan fingerprint density at radius 1 is 1.42 bits per heavy atom. The lowest BCUT2D eigenvalue weighted by Gasteiger charge is -2.28. The predicted octanol–water partition coefficient (Wildman–Crippen LogP) is 2.60. The molecule has 1 aliphatic heterocycles. The van der Waals surface area contributed by atoms with Crippen LogP contribution in [0.1, 0.15) is 42.4 Å². The van der Waals surface area contributed by atoms with E-state index in [1.807, 2.05) is 13.8 Å². The van der Waals surface area contributed by atoms with Crippen LogP contribution in [0.3, 0.4) is 0 Å². The average Bonchev–Trinajstić information content (AvgIpc) is 2.56. The molecule has 128 valence electrons. The molecule has 1 aromatic heterocycles. The molecule has 0 spiro atoms. The van der Waals surface area contributed by atoms with Crippen LogP contribution in [-0.4, -0.2) is 28.5 Å². The van der Waals surface area contributed by atoms with E-state index < -0.39 is 0 Å². The first-order chi connectivity index (χ1) is 11.5. The van der Waals surface area contributed by atoms with Crippen molar-refractivity contribution in [1.82, 2.24) is 14.9 Å². The van der Waals surface area contributed by atoms with Crippen LogP contribution >= 0.6 is 0 Å². The molecule has 2 heterocycles. The molecule has 0 atom stereocenters. The number of methoxy groups -OCH3 is 1. The zero-order valence-electron chi connectivity index (χ0n) is 14.2. The fraction of sp³-hybridized carbons (Fsp3) is 0.444. The van der Waals surface area contributed by atoms with E-state index in [1.54, 1.807) is 19.2 Å². The third kappa shape index (κ3) is 3.33. The zero-order chi connectivity index (χ0) is 17.3. The summed E-state index contributed by atoms with van der Waals surface area (Å²) in [4.78, 5) is 21.8. The van der Waals surface area contributed by atoms with Gasteiger partial charge in [0.1, 0.15) is 17.4 Å². The van der Waals surface area contributed by atoms with Crippen molar-refractivity contribution < 1.29 is 9.13 Å². The van der Waals surface area contributed by atoms with E-state index in [0.717, 1.165) is 11.3 Å². The molecule has 6 heteroatoms. The molecule has 1 aromatic carbocycles. The minimum atomic E-state index is -0.247. The molecule has 24 heavy (non-hydrogen) atoms. The summed E-state index contributed by atoms with van der Waals surface area (Å²) < 4.78 is 19.2. The largest absolute Gasteiger partial charge is 0.497 e. The SMILES string of the molecule is COc1ccc(F)c(CN2CCc3c(nc(C(C)C)[nH]c3=O)C2)c1. The lowest BCUT2D eigenvalue weighted by molar-refractivity contribution is 0.236. The van der Waals surface area contributed by atoms with E-state index in [4.69, 9.17) is 4.74 Å². The van der Waals surface area contributed by atoms with E-state index in [1.165, 1.54) is 6.07 Å². The van der Waals surface area contributed by atoms with Gasteiger partial charge in [-0.1, -0.05) is 13.8 Å². The molecule has 0 bridgehead atoms. The van der Waals surface area contributed by atoms with Crippen LogP contribution in [0.4, 0.5) is 4.39 Å². The number of H-pyrrole nitrogens is 1. The zero-order valence-corrected chi connectivity index (χ0v) is 14.2. The summed E-state index contributed by atoms with van der Waals surface area (Å²) in [6.45, 7) is 5.72. The molecule has 3 rings (SSSR count). The van der Waals surface area contributed by atoms with Crippen molar-refractivity contribution in [2.24, 2.45) is 0 Å². The number of rotatable bonds is 4. The van der Waals surface area contributed by atoms with Crippen LogP contribution in [0.5, 0.6) is 5.75 Å². The van der Waals surface area contributed by atoms with Crippen LogP contribution in [0.2, 0.25) is 0 Å². The van der Waals surface area contributed by atoms with Crippen LogP contribution in [0.25, 0.3) is 0 Å². The van der Waals surface area contributed by atoms with Crippen LogP contribution in [0.15, 0.2) is 23.0 Å². The van der Waals surface area contributed by atoms with Crippen LogP contribution in [-0.2, 0) is 19.5 Å². The molecular formula is C18H22FN3O2. The Bertz CT molecular complexity index is 801. The summed E-state index contributed by atoms with van der Waals surface area (Å²) >= 11 is 0. The third-order valence-corrected chi connectivity index (χ3v) is 4.36. The Hall–Kier alpha value is -2.21. The topological polar surface area (TPSA) is 58.2 Å². The Labute approximate surface area is 140 Å². The monoisotopic (exact) mass is 331 g/mol. The van der Waals surface area contributed by atoms with Gasteiger partial charge in [0.2, 0.25) is 0 Å². The lowest BCUT2D eigenvalue weighted by Crippen LogP contribution is -2.35. The minimum Gasteiger partial charge on any atom is -0.497 e. The van der Waals surface area contributed by atoms with Gasteiger partial charge in [-0.3, -0.25) is 9.69 Å². The van der Waals surface area contributed by atoms with Gasteiger partial charge in [-0.15, -0.1) is 0 Å². The van der Waals surface area contributed by atoms with Crippen molar-refractivity contribution in [3.8, 4) is 5.75 Å². The average molecular weight is 331 g/mol. The Balaban J connectivity index is 1.84. The molecular weight excluding hydrogens is 309 g/mol. The highest BCUT2D eigenvalue weighted by Crippen LogP contribution is 2.22. The molecule has 2 aromatic rings. The number of aromatic amines is 1. The molecule has 0 aliphatic carbocycles. The maximum absolute atomic E-state index is 14.0. The first kappa shape index (κ1) is 16.6. The number of hydrogen-bond acceptors (Lipinski definition) is 4. The second-order valence-corrected chi connectivity index (χ2v) is 6.45. The van der Waals surface area contributed by atoms with Crippen molar-refractivity contribution >= 4 is 0 Å². The summed E-state index contributed by atoms with van der Waals surface area (Å²) in [6, 6.07) is 4.75. The van der Waals surface area contributed by atoms with Gasteiger partial charge >= 0.3 is 0 Å². The van der Waals surface area contributed by atoms with Crippen LogP contribution < -0.4 is 10.3 Å². The van der Waals surface area contributed by atoms with Crippen molar-refractivity contribution in [2.75, 3.05) is 13.7 Å². The minimum absolute atomic E-state index is 0.0455. The molecule has 0 saturated heterocycles. The molecule has 0 unspecified atom stereocenters. The first-order valence-electron chi connectivity index (χ1n) is 8.14. The van der Waals surface area contributed by atoms with Crippen molar-refractivity contribution in [3.63, 3.8) is 0 Å². The lowest BCUT2D eigenvalue weighted by atomic mass is 10.0. The highest BCUT2D eigenvalue weighted by atomic mass is 19.1. The van der Waals surface area contributed by atoms with Gasteiger partial charge in [0, 0.05) is 36.7 Å². The number of benzene rings is 1. The highest BCUT2D eigenvalue weighted by molar-refractivity contribution is 5.30. The number of nitrogens with one attached hydrogen (secondary N) is 1. The number of halogens is 1. The summed E-state index contributed by atoms with van der Waals surface area (Å²) in [7, 11) is 1.57. The van der Waals surface area contributed by atoms with E-state index in [2.05, 4.69) is 14.9 Å². The van der Waals surface area contributed by atoms with E-state index in [0.29, 0.717) is 43.2 Å². The highest BCUT2D eigenvalue weighted by Gasteiger charge is 2.22. The molecule has 0 radical (unpaired) electrons. The summed E-state index contributed by atoms with van der Waals surface area (Å²) in [5.74, 6) is 1.26. The molecule has 0 fully saturated rings.